The Kier molecular flexibility index (Phi) is 4.91. The van der Waals surface area contributed by atoms with Gasteiger partial charge in [0.1, 0.15) is 0 Å². The van der Waals surface area contributed by atoms with Gasteiger partial charge in [-0.3, -0.25) is 4.79 Å². The van der Waals surface area contributed by atoms with E-state index in [0.29, 0.717) is 12.1 Å². The summed E-state index contributed by atoms with van der Waals surface area (Å²) in [4.78, 5) is 14.2. The van der Waals surface area contributed by atoms with Crippen LogP contribution in [0, 0.1) is 0 Å². The molecule has 0 amide bonds. The van der Waals surface area contributed by atoms with Crippen LogP contribution in [0.25, 0.3) is 0 Å². The number of hydrogen-bond donors (Lipinski definition) is 1. The van der Waals surface area contributed by atoms with E-state index in [-0.39, 0.29) is 29.0 Å². The predicted molar refractivity (Wildman–Crippen MR) is 94.3 cm³/mol. The molecule has 7 nitrogen and oxygen atoms in total. The summed E-state index contributed by atoms with van der Waals surface area (Å²) in [6, 6.07) is 8.57. The summed E-state index contributed by atoms with van der Waals surface area (Å²) in [5.41, 5.74) is 0.264. The van der Waals surface area contributed by atoms with Crippen molar-refractivity contribution in [3.8, 4) is 0 Å². The Balaban J connectivity index is 2.11. The first-order chi connectivity index (χ1) is 11.9. The van der Waals surface area contributed by atoms with Gasteiger partial charge in [0.15, 0.2) is 14.7 Å². The molecule has 0 unspecified atom stereocenters. The van der Waals surface area contributed by atoms with Crippen molar-refractivity contribution in [3.05, 3.63) is 52.4 Å². The first-order valence-corrected chi connectivity index (χ1v) is 9.80. The van der Waals surface area contributed by atoms with E-state index in [1.165, 1.54) is 13.2 Å². The third kappa shape index (κ3) is 3.45. The lowest BCUT2D eigenvalue weighted by molar-refractivity contribution is 0.266. The van der Waals surface area contributed by atoms with E-state index in [9.17, 15) is 18.3 Å². The quantitative estimate of drug-likeness (QED) is 0.841. The fraction of sp³-hybridized carbons (Fsp3) is 0.412. The number of aliphatic hydroxyl groups is 1. The average molecular weight is 363 g/mol. The first kappa shape index (κ1) is 17.6. The summed E-state index contributed by atoms with van der Waals surface area (Å²) in [6.07, 6.45) is 3.00. The number of hydrogen-bond acceptors (Lipinski definition) is 6. The van der Waals surface area contributed by atoms with Crippen LogP contribution in [0.3, 0.4) is 0 Å². The lowest BCUT2D eigenvalue weighted by Crippen LogP contribution is -2.37. The monoisotopic (exact) mass is 363 g/mol. The van der Waals surface area contributed by atoms with Gasteiger partial charge in [-0.15, -0.1) is 0 Å². The van der Waals surface area contributed by atoms with Crippen molar-refractivity contribution in [1.29, 1.82) is 0 Å². The molecule has 0 saturated carbocycles. The van der Waals surface area contributed by atoms with Crippen molar-refractivity contribution in [2.75, 3.05) is 18.1 Å². The topological polar surface area (TPSA) is 92.5 Å². The molecule has 0 aliphatic carbocycles. The summed E-state index contributed by atoms with van der Waals surface area (Å²) >= 11 is 0. The molecule has 1 fully saturated rings. The molecule has 1 aliphatic heterocycles. The highest BCUT2D eigenvalue weighted by molar-refractivity contribution is 7.90. The molecule has 2 heterocycles. The fourth-order valence-electron chi connectivity index (χ4n) is 3.21. The normalized spacial score (nSPS) is 17.8. The SMILES string of the molecule is Cn1ncc(N2CCC[C@H]2CO)c(S(=O)(=O)Cc2ccccc2)c1=O. The van der Waals surface area contributed by atoms with Crippen molar-refractivity contribution >= 4 is 15.5 Å². The zero-order chi connectivity index (χ0) is 18.0. The van der Waals surface area contributed by atoms with Crippen molar-refractivity contribution in [3.63, 3.8) is 0 Å². The van der Waals surface area contributed by atoms with Gasteiger partial charge in [-0.2, -0.15) is 5.10 Å². The second kappa shape index (κ2) is 6.97. The van der Waals surface area contributed by atoms with Crippen LogP contribution in [-0.2, 0) is 22.6 Å². The van der Waals surface area contributed by atoms with E-state index in [4.69, 9.17) is 0 Å². The van der Waals surface area contributed by atoms with E-state index < -0.39 is 15.4 Å². The maximum atomic E-state index is 13.0. The van der Waals surface area contributed by atoms with Crippen LogP contribution >= 0.6 is 0 Å². The standard InChI is InChI=1S/C17H21N3O4S/c1-19-17(22)16(25(23,24)12-13-6-3-2-4-7-13)15(10-18-19)20-9-5-8-14(20)11-21/h2-4,6-7,10,14,21H,5,8-9,11-12H2,1H3/t14-/m0/s1. The lowest BCUT2D eigenvalue weighted by Gasteiger charge is -2.26. The average Bonchev–Trinajstić information content (AvgIpc) is 3.06. The molecule has 0 bridgehead atoms. The van der Waals surface area contributed by atoms with E-state index in [1.54, 1.807) is 29.2 Å². The van der Waals surface area contributed by atoms with Gasteiger partial charge < -0.3 is 10.0 Å². The van der Waals surface area contributed by atoms with Crippen LogP contribution in [0.5, 0.6) is 0 Å². The molecular formula is C17H21N3O4S. The molecule has 1 saturated heterocycles. The molecule has 0 radical (unpaired) electrons. The second-order valence-electron chi connectivity index (χ2n) is 6.20. The molecule has 1 N–H and O–H groups in total. The van der Waals surface area contributed by atoms with E-state index in [2.05, 4.69) is 5.10 Å². The molecule has 25 heavy (non-hydrogen) atoms. The van der Waals surface area contributed by atoms with Crippen LogP contribution in [0.15, 0.2) is 46.2 Å². The Morgan fingerprint density at radius 3 is 2.68 bits per heavy atom. The van der Waals surface area contributed by atoms with Gasteiger partial charge in [0.05, 0.1) is 30.3 Å². The van der Waals surface area contributed by atoms with Gasteiger partial charge in [-0.1, -0.05) is 30.3 Å². The smallest absolute Gasteiger partial charge is 0.287 e. The summed E-state index contributed by atoms with van der Waals surface area (Å²) in [7, 11) is -2.43. The number of rotatable bonds is 5. The number of aliphatic hydroxyl groups excluding tert-OH is 1. The second-order valence-corrected chi connectivity index (χ2v) is 8.13. The molecule has 134 valence electrons. The summed E-state index contributed by atoms with van der Waals surface area (Å²) in [5, 5.41) is 13.5. The van der Waals surface area contributed by atoms with Gasteiger partial charge >= 0.3 is 0 Å². The van der Waals surface area contributed by atoms with E-state index in [1.807, 2.05) is 6.07 Å². The van der Waals surface area contributed by atoms with Gasteiger partial charge in [-0.25, -0.2) is 13.1 Å². The Morgan fingerprint density at radius 1 is 1.28 bits per heavy atom. The largest absolute Gasteiger partial charge is 0.394 e. The minimum Gasteiger partial charge on any atom is -0.394 e. The van der Waals surface area contributed by atoms with Gasteiger partial charge in [0.2, 0.25) is 0 Å². The maximum absolute atomic E-state index is 13.0. The van der Waals surface area contributed by atoms with Crippen LogP contribution in [0.2, 0.25) is 0 Å². The van der Waals surface area contributed by atoms with Gasteiger partial charge in [0, 0.05) is 13.6 Å². The fourth-order valence-corrected chi connectivity index (χ4v) is 4.88. The molecule has 1 atom stereocenters. The van der Waals surface area contributed by atoms with Crippen molar-refractivity contribution < 1.29 is 13.5 Å². The predicted octanol–water partition coefficient (Wildman–Crippen LogP) is 0.715. The van der Waals surface area contributed by atoms with Crippen LogP contribution in [0.1, 0.15) is 18.4 Å². The highest BCUT2D eigenvalue weighted by Crippen LogP contribution is 2.30. The number of nitrogens with zero attached hydrogens (tertiary/aromatic N) is 3. The molecule has 1 aliphatic rings. The lowest BCUT2D eigenvalue weighted by atomic mass is 10.2. The maximum Gasteiger partial charge on any atom is 0.287 e. The third-order valence-corrected chi connectivity index (χ3v) is 6.20. The zero-order valence-electron chi connectivity index (χ0n) is 14.0. The Bertz CT molecular complexity index is 909. The van der Waals surface area contributed by atoms with Crippen LogP contribution in [-0.4, -0.2) is 42.5 Å². The molecule has 0 spiro atoms. The van der Waals surface area contributed by atoms with E-state index in [0.717, 1.165) is 17.5 Å². The van der Waals surface area contributed by atoms with Crippen molar-refractivity contribution in [2.24, 2.45) is 7.05 Å². The number of sulfone groups is 1. The van der Waals surface area contributed by atoms with Crippen LogP contribution < -0.4 is 10.5 Å². The number of anilines is 1. The molecule has 2 aromatic rings. The summed E-state index contributed by atoms with van der Waals surface area (Å²) < 4.78 is 27.1. The number of aryl methyl sites for hydroxylation is 1. The number of benzene rings is 1. The Morgan fingerprint density at radius 2 is 2.00 bits per heavy atom. The highest BCUT2D eigenvalue weighted by Gasteiger charge is 2.32. The zero-order valence-corrected chi connectivity index (χ0v) is 14.8. The van der Waals surface area contributed by atoms with Crippen molar-refractivity contribution in [2.45, 2.75) is 29.5 Å². The summed E-state index contributed by atoms with van der Waals surface area (Å²) in [6.45, 7) is 0.501. The number of aromatic nitrogens is 2. The molecular weight excluding hydrogens is 342 g/mol. The molecule has 1 aromatic carbocycles. The van der Waals surface area contributed by atoms with Gasteiger partial charge in [0.25, 0.3) is 5.56 Å². The van der Waals surface area contributed by atoms with E-state index >= 15 is 0 Å². The summed E-state index contributed by atoms with van der Waals surface area (Å²) in [5.74, 6) is -0.252. The Hall–Kier alpha value is -2.19. The third-order valence-electron chi connectivity index (χ3n) is 4.48. The molecule has 1 aromatic heterocycles. The molecule has 8 heteroatoms. The highest BCUT2D eigenvalue weighted by atomic mass is 32.2. The minimum atomic E-state index is -3.86. The first-order valence-electron chi connectivity index (χ1n) is 8.14. The Labute approximate surface area is 146 Å². The molecule has 3 rings (SSSR count). The van der Waals surface area contributed by atoms with Gasteiger partial charge in [-0.05, 0) is 18.4 Å². The van der Waals surface area contributed by atoms with Crippen LogP contribution in [0.4, 0.5) is 5.69 Å². The van der Waals surface area contributed by atoms with Crippen molar-refractivity contribution in [1.82, 2.24) is 9.78 Å². The minimum absolute atomic E-state index is 0.0899.